The summed E-state index contributed by atoms with van der Waals surface area (Å²) in [5.74, 6) is -3.68. The molecule has 0 bridgehead atoms. The van der Waals surface area contributed by atoms with Crippen molar-refractivity contribution in [1.29, 1.82) is 0 Å². The van der Waals surface area contributed by atoms with Gasteiger partial charge in [-0.3, -0.25) is 4.79 Å². The van der Waals surface area contributed by atoms with E-state index in [9.17, 15) is 13.6 Å². The van der Waals surface area contributed by atoms with Crippen molar-refractivity contribution >= 4 is 5.97 Å². The van der Waals surface area contributed by atoms with Crippen LogP contribution in [0.4, 0.5) is 8.78 Å². The fraction of sp³-hybridized carbons (Fsp3) is 0.500. The summed E-state index contributed by atoms with van der Waals surface area (Å²) in [6, 6.07) is 0. The van der Waals surface area contributed by atoms with Crippen LogP contribution in [0.2, 0.25) is 0 Å². The SMILES string of the molecule is CC(F)(F)c1cnc(CCC(=O)O)[nH]1. The van der Waals surface area contributed by atoms with E-state index >= 15 is 0 Å². The molecule has 0 saturated carbocycles. The van der Waals surface area contributed by atoms with Crippen LogP contribution in [0.3, 0.4) is 0 Å². The summed E-state index contributed by atoms with van der Waals surface area (Å²) in [7, 11) is 0. The first-order valence-corrected chi connectivity index (χ1v) is 4.03. The monoisotopic (exact) mass is 204 g/mol. The van der Waals surface area contributed by atoms with E-state index in [-0.39, 0.29) is 24.4 Å². The van der Waals surface area contributed by atoms with Gasteiger partial charge in [0.1, 0.15) is 11.5 Å². The Hall–Kier alpha value is -1.46. The predicted octanol–water partition coefficient (Wildman–Crippen LogP) is 1.54. The first kappa shape index (κ1) is 10.6. The zero-order chi connectivity index (χ0) is 10.8. The van der Waals surface area contributed by atoms with Gasteiger partial charge in [0.25, 0.3) is 5.92 Å². The lowest BCUT2D eigenvalue weighted by molar-refractivity contribution is -0.137. The minimum Gasteiger partial charge on any atom is -0.481 e. The Morgan fingerprint density at radius 2 is 2.36 bits per heavy atom. The highest BCUT2D eigenvalue weighted by atomic mass is 19.3. The molecule has 0 aromatic carbocycles. The van der Waals surface area contributed by atoms with Gasteiger partial charge in [-0.1, -0.05) is 0 Å². The van der Waals surface area contributed by atoms with E-state index in [0.29, 0.717) is 0 Å². The number of hydrogen-bond donors (Lipinski definition) is 2. The van der Waals surface area contributed by atoms with Gasteiger partial charge in [0.2, 0.25) is 0 Å². The lowest BCUT2D eigenvalue weighted by Gasteiger charge is -2.05. The largest absolute Gasteiger partial charge is 0.481 e. The molecule has 1 aromatic rings. The number of rotatable bonds is 4. The minimum absolute atomic E-state index is 0.123. The van der Waals surface area contributed by atoms with Crippen molar-refractivity contribution in [2.75, 3.05) is 0 Å². The number of carboxylic acid groups (broad SMARTS) is 1. The molecule has 0 spiro atoms. The van der Waals surface area contributed by atoms with Crippen molar-refractivity contribution in [2.45, 2.75) is 25.7 Å². The Kier molecular flexibility index (Phi) is 2.83. The van der Waals surface area contributed by atoms with Crippen molar-refractivity contribution in [3.8, 4) is 0 Å². The van der Waals surface area contributed by atoms with Gasteiger partial charge in [-0.2, -0.15) is 8.78 Å². The van der Waals surface area contributed by atoms with Crippen LogP contribution in [0, 0.1) is 0 Å². The standard InChI is InChI=1S/C8H10F2N2O2/c1-8(9,10)5-4-11-6(12-5)2-3-7(13)14/h4H,2-3H2,1H3,(H,11,12)(H,13,14). The summed E-state index contributed by atoms with van der Waals surface area (Å²) in [6.07, 6.45) is 1.03. The molecule has 1 aromatic heterocycles. The fourth-order valence-corrected chi connectivity index (χ4v) is 0.938. The molecule has 1 heterocycles. The van der Waals surface area contributed by atoms with Crippen molar-refractivity contribution in [1.82, 2.24) is 9.97 Å². The van der Waals surface area contributed by atoms with E-state index in [1.165, 1.54) is 0 Å². The number of aryl methyl sites for hydroxylation is 1. The number of alkyl halides is 2. The summed E-state index contributed by atoms with van der Waals surface area (Å²) in [5.41, 5.74) is -0.294. The molecule has 14 heavy (non-hydrogen) atoms. The van der Waals surface area contributed by atoms with Gasteiger partial charge in [0.05, 0.1) is 12.6 Å². The van der Waals surface area contributed by atoms with Gasteiger partial charge in [-0.25, -0.2) is 4.98 Å². The molecular weight excluding hydrogens is 194 g/mol. The Bertz CT molecular complexity index is 330. The van der Waals surface area contributed by atoms with Crippen molar-refractivity contribution in [2.24, 2.45) is 0 Å². The van der Waals surface area contributed by atoms with E-state index in [0.717, 1.165) is 13.1 Å². The molecule has 0 aliphatic carbocycles. The number of H-pyrrole nitrogens is 1. The highest BCUT2D eigenvalue weighted by molar-refractivity contribution is 5.66. The summed E-state index contributed by atoms with van der Waals surface area (Å²) < 4.78 is 25.4. The number of aliphatic carboxylic acids is 1. The van der Waals surface area contributed by atoms with Crippen LogP contribution >= 0.6 is 0 Å². The molecular formula is C8H10F2N2O2. The molecule has 0 fully saturated rings. The Morgan fingerprint density at radius 1 is 1.71 bits per heavy atom. The minimum atomic E-state index is -2.96. The molecule has 1 rings (SSSR count). The number of halogens is 2. The molecule has 6 heteroatoms. The Morgan fingerprint density at radius 3 is 2.79 bits per heavy atom. The van der Waals surface area contributed by atoms with Crippen LogP contribution in [-0.2, 0) is 17.1 Å². The molecule has 0 radical (unpaired) electrons. The smallest absolute Gasteiger partial charge is 0.303 e. The lowest BCUT2D eigenvalue weighted by atomic mass is 10.3. The number of nitrogens with zero attached hydrogens (tertiary/aromatic N) is 1. The zero-order valence-electron chi connectivity index (χ0n) is 7.55. The number of aromatic nitrogens is 2. The molecule has 0 unspecified atom stereocenters. The number of nitrogens with one attached hydrogen (secondary N) is 1. The molecule has 0 atom stereocenters. The summed E-state index contributed by atoms with van der Waals surface area (Å²) in [4.78, 5) is 16.2. The maximum Gasteiger partial charge on any atom is 0.303 e. The predicted molar refractivity (Wildman–Crippen MR) is 44.1 cm³/mol. The summed E-state index contributed by atoms with van der Waals surface area (Å²) in [6.45, 7) is 0.751. The zero-order valence-corrected chi connectivity index (χ0v) is 7.55. The fourth-order valence-electron chi connectivity index (χ4n) is 0.938. The van der Waals surface area contributed by atoms with Crippen LogP contribution in [0.25, 0.3) is 0 Å². The maximum atomic E-state index is 12.7. The number of imidazole rings is 1. The first-order valence-electron chi connectivity index (χ1n) is 4.03. The Balaban J connectivity index is 2.64. The van der Waals surface area contributed by atoms with Crippen LogP contribution in [0.15, 0.2) is 6.20 Å². The quantitative estimate of drug-likeness (QED) is 0.781. The Labute approximate surface area is 79.0 Å². The highest BCUT2D eigenvalue weighted by Crippen LogP contribution is 2.24. The molecule has 0 aliphatic heterocycles. The van der Waals surface area contributed by atoms with Gasteiger partial charge < -0.3 is 10.1 Å². The molecule has 0 amide bonds. The van der Waals surface area contributed by atoms with Gasteiger partial charge in [-0.05, 0) is 0 Å². The molecule has 78 valence electrons. The van der Waals surface area contributed by atoms with Crippen molar-refractivity contribution in [3.05, 3.63) is 17.7 Å². The second-order valence-electron chi connectivity index (χ2n) is 3.03. The molecule has 0 saturated heterocycles. The van der Waals surface area contributed by atoms with E-state index in [4.69, 9.17) is 5.11 Å². The van der Waals surface area contributed by atoms with Crippen molar-refractivity contribution in [3.63, 3.8) is 0 Å². The third kappa shape index (κ3) is 2.79. The van der Waals surface area contributed by atoms with Crippen LogP contribution < -0.4 is 0 Å². The molecule has 0 aliphatic rings. The van der Waals surface area contributed by atoms with Gasteiger partial charge >= 0.3 is 5.97 Å². The number of carbonyl (C=O) groups is 1. The van der Waals surface area contributed by atoms with Gasteiger partial charge in [-0.15, -0.1) is 0 Å². The molecule has 2 N–H and O–H groups in total. The maximum absolute atomic E-state index is 12.7. The first-order chi connectivity index (χ1) is 6.39. The van der Waals surface area contributed by atoms with Crippen LogP contribution in [0.1, 0.15) is 24.9 Å². The van der Waals surface area contributed by atoms with Crippen molar-refractivity contribution < 1.29 is 18.7 Å². The van der Waals surface area contributed by atoms with E-state index in [2.05, 4.69) is 9.97 Å². The normalized spacial score (nSPS) is 11.6. The van der Waals surface area contributed by atoms with Crippen LogP contribution in [0.5, 0.6) is 0 Å². The second-order valence-corrected chi connectivity index (χ2v) is 3.03. The third-order valence-corrected chi connectivity index (χ3v) is 1.68. The second kappa shape index (κ2) is 3.73. The number of carboxylic acids is 1. The summed E-state index contributed by atoms with van der Waals surface area (Å²) >= 11 is 0. The highest BCUT2D eigenvalue weighted by Gasteiger charge is 2.26. The average Bonchev–Trinajstić information content (AvgIpc) is 2.47. The van der Waals surface area contributed by atoms with E-state index < -0.39 is 11.9 Å². The topological polar surface area (TPSA) is 66.0 Å². The van der Waals surface area contributed by atoms with Gasteiger partial charge in [0.15, 0.2) is 0 Å². The third-order valence-electron chi connectivity index (χ3n) is 1.68. The van der Waals surface area contributed by atoms with E-state index in [1.807, 2.05) is 0 Å². The molecule has 4 nitrogen and oxygen atoms in total. The summed E-state index contributed by atoms with van der Waals surface area (Å²) in [5, 5.41) is 8.35. The average molecular weight is 204 g/mol. The lowest BCUT2D eigenvalue weighted by Crippen LogP contribution is -2.07. The van der Waals surface area contributed by atoms with E-state index in [1.54, 1.807) is 0 Å². The number of aromatic amines is 1. The van der Waals surface area contributed by atoms with Crippen LogP contribution in [-0.4, -0.2) is 21.0 Å². The van der Waals surface area contributed by atoms with Gasteiger partial charge in [0, 0.05) is 13.3 Å². The number of hydrogen-bond acceptors (Lipinski definition) is 2.